The summed E-state index contributed by atoms with van der Waals surface area (Å²) in [6.45, 7) is 3.99. The maximum Gasteiger partial charge on any atom is 0.170 e. The van der Waals surface area contributed by atoms with Crippen molar-refractivity contribution in [1.82, 2.24) is 9.97 Å². The first-order valence-corrected chi connectivity index (χ1v) is 12.8. The van der Waals surface area contributed by atoms with Gasteiger partial charge in [0.15, 0.2) is 5.82 Å². The zero-order valence-corrected chi connectivity index (χ0v) is 20.7. The van der Waals surface area contributed by atoms with E-state index in [0.29, 0.717) is 33.1 Å². The minimum atomic E-state index is -2.97. The highest BCUT2D eigenvalue weighted by molar-refractivity contribution is 7.93. The monoisotopic (exact) mass is 491 g/mol. The average molecular weight is 492 g/mol. The molecule has 0 aliphatic carbocycles. The molecular formula is C26H26FN5O2S. The number of benzene rings is 2. The first-order chi connectivity index (χ1) is 16.6. The van der Waals surface area contributed by atoms with Crippen LogP contribution in [0.15, 0.2) is 64.1 Å². The van der Waals surface area contributed by atoms with Gasteiger partial charge < -0.3 is 15.9 Å². The normalized spacial score (nSPS) is 13.0. The third kappa shape index (κ3) is 4.72. The van der Waals surface area contributed by atoms with Crippen molar-refractivity contribution in [3.8, 4) is 16.9 Å². The Bertz CT molecular complexity index is 1540. The van der Waals surface area contributed by atoms with E-state index in [2.05, 4.69) is 9.35 Å². The summed E-state index contributed by atoms with van der Waals surface area (Å²) in [4.78, 5) is 9.10. The zero-order chi connectivity index (χ0) is 25.3. The molecule has 0 saturated carbocycles. The van der Waals surface area contributed by atoms with Crippen LogP contribution < -0.4 is 10.5 Å². The van der Waals surface area contributed by atoms with Crippen LogP contribution in [0, 0.1) is 11.2 Å². The molecule has 2 aromatic carbocycles. The number of nitrogens with zero attached hydrogens (tertiary/aromatic N) is 3. The first kappa shape index (κ1) is 24.3. The Morgan fingerprint density at radius 3 is 2.43 bits per heavy atom. The molecule has 0 spiro atoms. The Morgan fingerprint density at radius 1 is 1.14 bits per heavy atom. The minimum Gasteiger partial charge on any atom is -0.495 e. The molecule has 2 heterocycles. The molecule has 9 heteroatoms. The molecule has 0 radical (unpaired) electrons. The molecule has 0 fully saturated rings. The zero-order valence-electron chi connectivity index (χ0n) is 19.9. The van der Waals surface area contributed by atoms with Gasteiger partial charge in [-0.15, -0.1) is 0 Å². The fourth-order valence-electron chi connectivity index (χ4n) is 3.85. The molecule has 3 N–H and O–H groups in total. The Balaban J connectivity index is 2.08. The molecule has 1 atom stereocenters. The second-order valence-corrected chi connectivity index (χ2v) is 10.7. The van der Waals surface area contributed by atoms with Crippen LogP contribution in [0.2, 0.25) is 0 Å². The summed E-state index contributed by atoms with van der Waals surface area (Å²) in [7, 11) is -1.44. The second kappa shape index (κ2) is 9.42. The molecular weight excluding hydrogens is 465 g/mol. The van der Waals surface area contributed by atoms with Gasteiger partial charge in [-0.25, -0.2) is 18.6 Å². The Kier molecular flexibility index (Phi) is 6.53. The number of fused-ring (bicyclic) bond motifs is 1. The van der Waals surface area contributed by atoms with Crippen LogP contribution >= 0.6 is 0 Å². The Morgan fingerprint density at radius 2 is 1.86 bits per heavy atom. The van der Waals surface area contributed by atoms with Crippen molar-refractivity contribution in [3.05, 3.63) is 71.8 Å². The standard InChI is InChI=1S/C26H26FN5O2S/c1-15(2)25-24(16-5-7-18(27)8-6-16)20-11-17(13-28)22(29)12-21(20)26(31-25)32-35(4,33)23-10-9-19(34-3)14-30-23/h5-15,28H,29H2,1-4H3. The van der Waals surface area contributed by atoms with Crippen LogP contribution in [0.4, 0.5) is 15.9 Å². The average Bonchev–Trinajstić information content (AvgIpc) is 2.84. The molecule has 0 aliphatic rings. The summed E-state index contributed by atoms with van der Waals surface area (Å²) in [6.07, 6.45) is 4.18. The van der Waals surface area contributed by atoms with Crippen molar-refractivity contribution >= 4 is 38.2 Å². The number of hydrogen-bond donors (Lipinski definition) is 2. The van der Waals surface area contributed by atoms with E-state index < -0.39 is 9.73 Å². The number of halogens is 1. The third-order valence-electron chi connectivity index (χ3n) is 5.64. The smallest absolute Gasteiger partial charge is 0.170 e. The van der Waals surface area contributed by atoms with E-state index in [1.54, 1.807) is 36.4 Å². The van der Waals surface area contributed by atoms with Crippen molar-refractivity contribution in [2.45, 2.75) is 24.8 Å². The number of pyridine rings is 2. The topological polar surface area (TPSA) is 114 Å². The molecule has 0 amide bonds. The summed E-state index contributed by atoms with van der Waals surface area (Å²) in [5.41, 5.74) is 9.39. The molecule has 0 aliphatic heterocycles. The van der Waals surface area contributed by atoms with Gasteiger partial charge in [0, 0.05) is 34.7 Å². The molecule has 1 unspecified atom stereocenters. The van der Waals surface area contributed by atoms with Gasteiger partial charge in [-0.1, -0.05) is 26.0 Å². The SMILES string of the molecule is COc1ccc(S(C)(=O)=Nc2nc(C(C)C)c(-c3ccc(F)cc3)c3cc(C=N)c(N)cc23)nc1. The van der Waals surface area contributed by atoms with Crippen molar-refractivity contribution in [2.24, 2.45) is 4.36 Å². The van der Waals surface area contributed by atoms with Crippen LogP contribution in [0.25, 0.3) is 21.9 Å². The predicted octanol–water partition coefficient (Wildman–Crippen LogP) is 5.94. The molecule has 4 rings (SSSR count). The summed E-state index contributed by atoms with van der Waals surface area (Å²) in [5.74, 6) is 0.445. The number of aromatic nitrogens is 2. The Hall–Kier alpha value is -3.85. The van der Waals surface area contributed by atoms with E-state index >= 15 is 0 Å². The highest BCUT2D eigenvalue weighted by Crippen LogP contribution is 2.41. The lowest BCUT2D eigenvalue weighted by Crippen LogP contribution is -2.04. The van der Waals surface area contributed by atoms with Crippen molar-refractivity contribution < 1.29 is 13.3 Å². The second-order valence-electron chi connectivity index (χ2n) is 8.46. The highest BCUT2D eigenvalue weighted by atomic mass is 32.2. The number of nitrogens with one attached hydrogen (secondary N) is 1. The number of methoxy groups -OCH3 is 1. The largest absolute Gasteiger partial charge is 0.495 e. The lowest BCUT2D eigenvalue weighted by Gasteiger charge is -2.18. The van der Waals surface area contributed by atoms with Crippen LogP contribution in [0.3, 0.4) is 0 Å². The molecule has 0 saturated heterocycles. The van der Waals surface area contributed by atoms with E-state index in [-0.39, 0.29) is 17.6 Å². The fraction of sp³-hybridized carbons (Fsp3) is 0.192. The van der Waals surface area contributed by atoms with Crippen LogP contribution in [-0.4, -0.2) is 33.8 Å². The molecule has 2 aromatic heterocycles. The van der Waals surface area contributed by atoms with Gasteiger partial charge in [-0.2, -0.15) is 4.36 Å². The van der Waals surface area contributed by atoms with E-state index in [0.717, 1.165) is 16.5 Å². The summed E-state index contributed by atoms with van der Waals surface area (Å²) in [5, 5.41) is 9.40. The molecule has 35 heavy (non-hydrogen) atoms. The van der Waals surface area contributed by atoms with E-state index in [1.807, 2.05) is 13.8 Å². The minimum absolute atomic E-state index is 0.0265. The molecule has 0 bridgehead atoms. The number of anilines is 1. The quantitative estimate of drug-likeness (QED) is 0.256. The molecule has 4 aromatic rings. The van der Waals surface area contributed by atoms with Gasteiger partial charge in [-0.3, -0.25) is 0 Å². The number of hydrogen-bond acceptors (Lipinski definition) is 7. The van der Waals surface area contributed by atoms with Crippen LogP contribution in [0.5, 0.6) is 5.75 Å². The van der Waals surface area contributed by atoms with Crippen molar-refractivity contribution in [3.63, 3.8) is 0 Å². The van der Waals surface area contributed by atoms with Gasteiger partial charge in [0.05, 0.1) is 28.7 Å². The Labute approximate surface area is 203 Å². The van der Waals surface area contributed by atoms with E-state index in [4.69, 9.17) is 20.9 Å². The maximum atomic E-state index is 13.7. The van der Waals surface area contributed by atoms with Gasteiger partial charge in [-0.05, 0) is 53.3 Å². The van der Waals surface area contributed by atoms with Gasteiger partial charge >= 0.3 is 0 Å². The number of rotatable bonds is 6. The predicted molar refractivity (Wildman–Crippen MR) is 139 cm³/mol. The van der Waals surface area contributed by atoms with Gasteiger partial charge in [0.1, 0.15) is 16.6 Å². The summed E-state index contributed by atoms with van der Waals surface area (Å²) < 4.78 is 37.1. The van der Waals surface area contributed by atoms with E-state index in [1.165, 1.54) is 37.9 Å². The van der Waals surface area contributed by atoms with Crippen molar-refractivity contribution in [2.75, 3.05) is 19.1 Å². The van der Waals surface area contributed by atoms with Gasteiger partial charge in [0.2, 0.25) is 0 Å². The first-order valence-electron chi connectivity index (χ1n) is 10.9. The van der Waals surface area contributed by atoms with Crippen LogP contribution in [-0.2, 0) is 9.73 Å². The number of ether oxygens (including phenoxy) is 1. The van der Waals surface area contributed by atoms with Crippen molar-refractivity contribution in [1.29, 1.82) is 5.41 Å². The number of nitrogen functional groups attached to an aromatic ring is 1. The third-order valence-corrected chi connectivity index (χ3v) is 7.18. The van der Waals surface area contributed by atoms with Crippen LogP contribution in [0.1, 0.15) is 31.0 Å². The van der Waals surface area contributed by atoms with E-state index in [9.17, 15) is 8.60 Å². The lowest BCUT2D eigenvalue weighted by atomic mass is 9.91. The lowest BCUT2D eigenvalue weighted by molar-refractivity contribution is 0.412. The molecule has 180 valence electrons. The summed E-state index contributed by atoms with van der Waals surface area (Å²) in [6, 6.07) is 13.0. The molecule has 7 nitrogen and oxygen atoms in total. The maximum absolute atomic E-state index is 13.7. The fourth-order valence-corrected chi connectivity index (χ4v) is 4.98. The number of nitrogens with two attached hydrogens (primary N) is 1. The van der Waals surface area contributed by atoms with Gasteiger partial charge in [0.25, 0.3) is 0 Å². The highest BCUT2D eigenvalue weighted by Gasteiger charge is 2.21. The summed E-state index contributed by atoms with van der Waals surface area (Å²) >= 11 is 0.